The van der Waals surface area contributed by atoms with E-state index in [-0.39, 0.29) is 29.4 Å². The van der Waals surface area contributed by atoms with Crippen molar-refractivity contribution in [3.63, 3.8) is 0 Å². The molecule has 1 N–H and O–H groups in total. The van der Waals surface area contributed by atoms with Crippen LogP contribution in [0.3, 0.4) is 0 Å². The average Bonchev–Trinajstić information content (AvgIpc) is 2.38. The zero-order chi connectivity index (χ0) is 16.2. The Labute approximate surface area is 122 Å². The molecule has 0 heterocycles. The Kier molecular flexibility index (Phi) is 5.42. The van der Waals surface area contributed by atoms with Gasteiger partial charge < -0.3 is 10.0 Å². The summed E-state index contributed by atoms with van der Waals surface area (Å²) in [6.07, 6.45) is 0.179. The molecular formula is C13H16FNO5S. The highest BCUT2D eigenvalue weighted by Gasteiger charge is 2.19. The maximum absolute atomic E-state index is 13.2. The molecule has 0 aliphatic carbocycles. The topological polar surface area (TPSA) is 91.8 Å². The molecule has 0 spiro atoms. The van der Waals surface area contributed by atoms with Crippen molar-refractivity contribution in [3.05, 3.63) is 29.6 Å². The Morgan fingerprint density at radius 2 is 1.90 bits per heavy atom. The van der Waals surface area contributed by atoms with Crippen molar-refractivity contribution in [1.29, 1.82) is 0 Å². The summed E-state index contributed by atoms with van der Waals surface area (Å²) in [4.78, 5) is 23.2. The first-order valence-corrected chi connectivity index (χ1v) is 7.76. The molecule has 6 nitrogen and oxygen atoms in total. The molecule has 0 radical (unpaired) electrons. The van der Waals surface area contributed by atoms with Gasteiger partial charge in [-0.15, -0.1) is 0 Å². The minimum absolute atomic E-state index is 0.0687. The van der Waals surface area contributed by atoms with Crippen LogP contribution in [0.2, 0.25) is 0 Å². The second kappa shape index (κ2) is 6.66. The number of hydrogen-bond acceptors (Lipinski definition) is 4. The van der Waals surface area contributed by atoms with E-state index >= 15 is 0 Å². The molecule has 1 aromatic rings. The number of carbonyl (C=O) groups excluding carboxylic acids is 1. The van der Waals surface area contributed by atoms with E-state index in [2.05, 4.69) is 0 Å². The van der Waals surface area contributed by atoms with Crippen LogP contribution >= 0.6 is 0 Å². The van der Waals surface area contributed by atoms with E-state index < -0.39 is 27.2 Å². The quantitative estimate of drug-likeness (QED) is 0.795. The van der Waals surface area contributed by atoms with Crippen molar-refractivity contribution in [2.24, 2.45) is 0 Å². The summed E-state index contributed by atoms with van der Waals surface area (Å²) < 4.78 is 37.3. The normalized spacial score (nSPS) is 11.2. The number of nitrogens with zero attached hydrogens (tertiary/aromatic N) is 1. The zero-order valence-corrected chi connectivity index (χ0v) is 12.5. The zero-order valence-electron chi connectivity index (χ0n) is 11.7. The van der Waals surface area contributed by atoms with E-state index in [4.69, 9.17) is 5.11 Å². The van der Waals surface area contributed by atoms with Crippen molar-refractivity contribution in [3.8, 4) is 0 Å². The highest BCUT2D eigenvalue weighted by atomic mass is 32.2. The lowest BCUT2D eigenvalue weighted by molar-refractivity contribution is -0.128. The number of benzene rings is 1. The number of carboxylic acids is 1. The average molecular weight is 317 g/mol. The maximum atomic E-state index is 13.2. The molecular weight excluding hydrogens is 301 g/mol. The highest BCUT2D eigenvalue weighted by Crippen LogP contribution is 2.17. The van der Waals surface area contributed by atoms with Gasteiger partial charge in [0.05, 0.1) is 16.2 Å². The van der Waals surface area contributed by atoms with Gasteiger partial charge in [0, 0.05) is 20.5 Å². The van der Waals surface area contributed by atoms with Gasteiger partial charge in [-0.25, -0.2) is 17.6 Å². The predicted molar refractivity (Wildman–Crippen MR) is 73.3 cm³/mol. The van der Waals surface area contributed by atoms with Gasteiger partial charge in [-0.1, -0.05) is 0 Å². The van der Waals surface area contributed by atoms with Crippen molar-refractivity contribution in [1.82, 2.24) is 4.90 Å². The lowest BCUT2D eigenvalue weighted by Gasteiger charge is -2.10. The summed E-state index contributed by atoms with van der Waals surface area (Å²) >= 11 is 0. The molecule has 0 aliphatic rings. The monoisotopic (exact) mass is 317 g/mol. The summed E-state index contributed by atoms with van der Waals surface area (Å²) in [5, 5.41) is 8.78. The second-order valence-electron chi connectivity index (χ2n) is 4.66. The molecule has 0 unspecified atom stereocenters. The first-order valence-electron chi connectivity index (χ1n) is 6.11. The van der Waals surface area contributed by atoms with Gasteiger partial charge in [0.15, 0.2) is 9.84 Å². The number of aromatic carboxylic acids is 1. The lowest BCUT2D eigenvalue weighted by atomic mass is 10.2. The number of rotatable bonds is 6. The van der Waals surface area contributed by atoms with Crippen molar-refractivity contribution >= 4 is 21.7 Å². The van der Waals surface area contributed by atoms with Crippen LogP contribution < -0.4 is 0 Å². The Morgan fingerprint density at radius 1 is 1.29 bits per heavy atom. The SMILES string of the molecule is CN(C)C(=O)CCCS(=O)(=O)c1ccc(F)c(C(=O)O)c1. The number of hydrogen-bond donors (Lipinski definition) is 1. The van der Waals surface area contributed by atoms with E-state index in [1.54, 1.807) is 14.1 Å². The first-order chi connectivity index (χ1) is 9.65. The third-order valence-corrected chi connectivity index (χ3v) is 4.63. The molecule has 1 amide bonds. The first kappa shape index (κ1) is 17.1. The fraction of sp³-hybridized carbons (Fsp3) is 0.385. The molecule has 0 saturated heterocycles. The largest absolute Gasteiger partial charge is 0.478 e. The van der Waals surface area contributed by atoms with Crippen LogP contribution in [0, 0.1) is 5.82 Å². The number of carbonyl (C=O) groups is 2. The Balaban J connectivity index is 2.86. The minimum Gasteiger partial charge on any atom is -0.478 e. The molecule has 0 fully saturated rings. The predicted octanol–water partition coefficient (Wildman–Crippen LogP) is 1.17. The van der Waals surface area contributed by atoms with Crippen LogP contribution in [0.25, 0.3) is 0 Å². The molecule has 0 aromatic heterocycles. The molecule has 0 aliphatic heterocycles. The summed E-state index contributed by atoms with van der Waals surface area (Å²) in [5.41, 5.74) is -0.694. The molecule has 0 bridgehead atoms. The molecule has 1 aromatic carbocycles. The van der Waals surface area contributed by atoms with E-state index in [9.17, 15) is 22.4 Å². The molecule has 8 heteroatoms. The van der Waals surface area contributed by atoms with E-state index in [0.29, 0.717) is 0 Å². The number of amides is 1. The van der Waals surface area contributed by atoms with Gasteiger partial charge in [0.2, 0.25) is 5.91 Å². The van der Waals surface area contributed by atoms with E-state index in [1.165, 1.54) is 4.90 Å². The molecule has 21 heavy (non-hydrogen) atoms. The van der Waals surface area contributed by atoms with Crippen LogP contribution in [0.5, 0.6) is 0 Å². The fourth-order valence-electron chi connectivity index (χ4n) is 1.62. The van der Waals surface area contributed by atoms with E-state index in [0.717, 1.165) is 18.2 Å². The number of halogens is 1. The van der Waals surface area contributed by atoms with Gasteiger partial charge in [-0.2, -0.15) is 0 Å². The number of sulfone groups is 1. The van der Waals surface area contributed by atoms with Gasteiger partial charge in [-0.05, 0) is 24.6 Å². The summed E-state index contributed by atoms with van der Waals surface area (Å²) in [7, 11) is -0.624. The van der Waals surface area contributed by atoms with E-state index in [1.807, 2.05) is 0 Å². The summed E-state index contributed by atoms with van der Waals surface area (Å²) in [6, 6.07) is 2.62. The van der Waals surface area contributed by atoms with Crippen molar-refractivity contribution in [2.75, 3.05) is 19.8 Å². The number of carboxylic acid groups (broad SMARTS) is 1. The fourth-order valence-corrected chi connectivity index (χ4v) is 2.95. The Morgan fingerprint density at radius 3 is 2.43 bits per heavy atom. The molecule has 1 rings (SSSR count). The Hall–Kier alpha value is -1.96. The van der Waals surface area contributed by atoms with Crippen molar-refractivity contribution in [2.45, 2.75) is 17.7 Å². The van der Waals surface area contributed by atoms with Crippen LogP contribution in [-0.4, -0.2) is 50.1 Å². The third-order valence-electron chi connectivity index (χ3n) is 2.83. The van der Waals surface area contributed by atoms with Gasteiger partial charge in [-0.3, -0.25) is 4.79 Å². The third kappa shape index (κ3) is 4.52. The summed E-state index contributed by atoms with van der Waals surface area (Å²) in [6.45, 7) is 0. The molecule has 116 valence electrons. The lowest BCUT2D eigenvalue weighted by Crippen LogP contribution is -2.22. The smallest absolute Gasteiger partial charge is 0.338 e. The molecule has 0 atom stereocenters. The van der Waals surface area contributed by atoms with Gasteiger partial charge in [0.1, 0.15) is 5.82 Å². The van der Waals surface area contributed by atoms with Crippen LogP contribution in [0.1, 0.15) is 23.2 Å². The maximum Gasteiger partial charge on any atom is 0.338 e. The van der Waals surface area contributed by atoms with Crippen LogP contribution in [-0.2, 0) is 14.6 Å². The Bertz CT molecular complexity index is 655. The molecule has 0 saturated carbocycles. The van der Waals surface area contributed by atoms with Crippen LogP contribution in [0.4, 0.5) is 4.39 Å². The van der Waals surface area contributed by atoms with Crippen molar-refractivity contribution < 1.29 is 27.5 Å². The van der Waals surface area contributed by atoms with Gasteiger partial charge >= 0.3 is 5.97 Å². The standard InChI is InChI=1S/C13H16FNO5S/c1-15(2)12(16)4-3-7-21(19,20)9-5-6-11(14)10(8-9)13(17)18/h5-6,8H,3-4,7H2,1-2H3,(H,17,18). The summed E-state index contributed by atoms with van der Waals surface area (Å²) in [5.74, 6) is -3.04. The second-order valence-corrected chi connectivity index (χ2v) is 6.77. The van der Waals surface area contributed by atoms with Gasteiger partial charge in [0.25, 0.3) is 0 Å². The van der Waals surface area contributed by atoms with Crippen LogP contribution in [0.15, 0.2) is 23.1 Å². The highest BCUT2D eigenvalue weighted by molar-refractivity contribution is 7.91. The minimum atomic E-state index is -3.76.